The van der Waals surface area contributed by atoms with Gasteiger partial charge in [-0.25, -0.2) is 0 Å². The molecule has 1 N–H and O–H groups in total. The molecule has 0 unspecified atom stereocenters. The van der Waals surface area contributed by atoms with Gasteiger partial charge in [-0.3, -0.25) is 14.5 Å². The molecule has 1 aromatic rings. The van der Waals surface area contributed by atoms with Crippen LogP contribution < -0.4 is 10.1 Å². The standard InChI is InChI=1S/C27H41N3O3/c1-20(2)28-25(31)15-21-12-13-30-17-22(21)10-8-14-33-24-11-7-6-9-23(24)16-29(18-26(30)32)19-27(3,4)5/h6-11,20-22H,12-19H2,1-5H3,(H,28,31)/t21-,22-/m0/s1. The first kappa shape index (κ1) is 25.3. The highest BCUT2D eigenvalue weighted by atomic mass is 16.5. The zero-order valence-corrected chi connectivity index (χ0v) is 21.0. The van der Waals surface area contributed by atoms with Gasteiger partial charge in [-0.2, -0.15) is 0 Å². The molecule has 0 spiro atoms. The number of ether oxygens (including phenoxy) is 1. The van der Waals surface area contributed by atoms with Crippen LogP contribution in [-0.2, 0) is 16.1 Å². The molecule has 2 amide bonds. The minimum absolute atomic E-state index is 0.0743. The van der Waals surface area contributed by atoms with Crippen LogP contribution in [0.1, 0.15) is 53.0 Å². The molecule has 0 radical (unpaired) electrons. The molecular formula is C27H41N3O3. The third-order valence-electron chi connectivity index (χ3n) is 6.20. The zero-order chi connectivity index (χ0) is 24.0. The molecule has 2 bridgehead atoms. The Morgan fingerprint density at radius 1 is 1.21 bits per heavy atom. The summed E-state index contributed by atoms with van der Waals surface area (Å²) in [5.41, 5.74) is 1.17. The van der Waals surface area contributed by atoms with Gasteiger partial charge in [-0.1, -0.05) is 51.1 Å². The van der Waals surface area contributed by atoms with E-state index in [1.807, 2.05) is 43.0 Å². The summed E-state index contributed by atoms with van der Waals surface area (Å²) in [5.74, 6) is 1.50. The fourth-order valence-electron chi connectivity index (χ4n) is 4.86. The van der Waals surface area contributed by atoms with Gasteiger partial charge in [0.25, 0.3) is 0 Å². The highest BCUT2D eigenvalue weighted by molar-refractivity contribution is 5.79. The van der Waals surface area contributed by atoms with E-state index >= 15 is 0 Å². The number of rotatable bonds is 4. The van der Waals surface area contributed by atoms with Crippen molar-refractivity contribution in [1.29, 1.82) is 0 Å². The van der Waals surface area contributed by atoms with Crippen molar-refractivity contribution in [3.8, 4) is 5.75 Å². The van der Waals surface area contributed by atoms with E-state index in [-0.39, 0.29) is 35.1 Å². The summed E-state index contributed by atoms with van der Waals surface area (Å²) in [7, 11) is 0. The lowest BCUT2D eigenvalue weighted by Gasteiger charge is -2.38. The second-order valence-corrected chi connectivity index (χ2v) is 11.0. The minimum Gasteiger partial charge on any atom is -0.489 e. The summed E-state index contributed by atoms with van der Waals surface area (Å²) in [6, 6.07) is 8.23. The number of nitrogens with one attached hydrogen (secondary N) is 1. The van der Waals surface area contributed by atoms with Crippen LogP contribution in [0.2, 0.25) is 0 Å². The number of amides is 2. The Hall–Kier alpha value is -2.34. The van der Waals surface area contributed by atoms with Gasteiger partial charge in [0.15, 0.2) is 0 Å². The van der Waals surface area contributed by atoms with E-state index in [9.17, 15) is 9.59 Å². The van der Waals surface area contributed by atoms with E-state index in [2.05, 4.69) is 43.1 Å². The molecule has 6 heteroatoms. The van der Waals surface area contributed by atoms with Gasteiger partial charge in [-0.15, -0.1) is 0 Å². The Balaban J connectivity index is 1.82. The first-order valence-electron chi connectivity index (χ1n) is 12.3. The molecule has 1 fully saturated rings. The van der Waals surface area contributed by atoms with Crippen LogP contribution in [0.4, 0.5) is 0 Å². The highest BCUT2D eigenvalue weighted by Gasteiger charge is 2.32. The number of nitrogens with zero attached hydrogens (tertiary/aromatic N) is 2. The van der Waals surface area contributed by atoms with Crippen molar-refractivity contribution in [3.05, 3.63) is 42.0 Å². The maximum Gasteiger partial charge on any atom is 0.236 e. The lowest BCUT2D eigenvalue weighted by Crippen LogP contribution is -2.48. The van der Waals surface area contributed by atoms with Gasteiger partial charge < -0.3 is 15.0 Å². The Labute approximate surface area is 199 Å². The first-order chi connectivity index (χ1) is 15.6. The van der Waals surface area contributed by atoms with Crippen molar-refractivity contribution in [1.82, 2.24) is 15.1 Å². The fraction of sp³-hybridized carbons (Fsp3) is 0.630. The molecule has 2 aliphatic heterocycles. The van der Waals surface area contributed by atoms with Crippen LogP contribution in [0.5, 0.6) is 5.75 Å². The maximum absolute atomic E-state index is 13.4. The molecule has 0 aliphatic carbocycles. The smallest absolute Gasteiger partial charge is 0.236 e. The van der Waals surface area contributed by atoms with E-state index in [4.69, 9.17) is 4.74 Å². The fourth-order valence-corrected chi connectivity index (χ4v) is 4.86. The molecule has 1 saturated heterocycles. The Morgan fingerprint density at radius 3 is 2.70 bits per heavy atom. The molecule has 1 aromatic carbocycles. The number of carbonyl (C=O) groups is 2. The zero-order valence-electron chi connectivity index (χ0n) is 21.0. The van der Waals surface area contributed by atoms with Crippen molar-refractivity contribution in [3.63, 3.8) is 0 Å². The number of para-hydroxylation sites is 1. The SMILES string of the molecule is CC(C)NC(=O)C[C@@H]1CCN2C[C@@H]1C=CCOc1ccccc1CN(CC(C)(C)C)CC2=O. The Bertz CT molecular complexity index is 843. The third-order valence-corrected chi connectivity index (χ3v) is 6.20. The summed E-state index contributed by atoms with van der Waals surface area (Å²) in [6.07, 6.45) is 5.54. The van der Waals surface area contributed by atoms with E-state index in [1.165, 1.54) is 0 Å². The van der Waals surface area contributed by atoms with Crippen LogP contribution >= 0.6 is 0 Å². The molecule has 0 saturated carbocycles. The van der Waals surface area contributed by atoms with E-state index < -0.39 is 0 Å². The van der Waals surface area contributed by atoms with E-state index in [0.29, 0.717) is 39.2 Å². The number of piperidine rings is 1. The van der Waals surface area contributed by atoms with Gasteiger partial charge in [0.1, 0.15) is 12.4 Å². The lowest BCUT2D eigenvalue weighted by atomic mass is 9.82. The number of carbonyl (C=O) groups excluding carboxylic acids is 2. The van der Waals surface area contributed by atoms with Crippen molar-refractivity contribution < 1.29 is 14.3 Å². The van der Waals surface area contributed by atoms with Crippen molar-refractivity contribution >= 4 is 11.8 Å². The predicted molar refractivity (Wildman–Crippen MR) is 132 cm³/mol. The van der Waals surface area contributed by atoms with Gasteiger partial charge in [-0.05, 0) is 43.6 Å². The average molecular weight is 456 g/mol. The van der Waals surface area contributed by atoms with Crippen molar-refractivity contribution in [2.75, 3.05) is 32.8 Å². The molecule has 33 heavy (non-hydrogen) atoms. The number of fused-ring (bicyclic) bond motifs is 3. The van der Waals surface area contributed by atoms with Gasteiger partial charge in [0.2, 0.25) is 11.8 Å². The topological polar surface area (TPSA) is 61.9 Å². The molecule has 6 nitrogen and oxygen atoms in total. The first-order valence-corrected chi connectivity index (χ1v) is 12.3. The number of hydrogen-bond acceptors (Lipinski definition) is 4. The lowest BCUT2D eigenvalue weighted by molar-refractivity contribution is -0.135. The Kier molecular flexibility index (Phi) is 8.57. The number of benzene rings is 1. The second-order valence-electron chi connectivity index (χ2n) is 11.0. The summed E-state index contributed by atoms with van der Waals surface area (Å²) in [4.78, 5) is 30.0. The molecule has 182 valence electrons. The summed E-state index contributed by atoms with van der Waals surface area (Å²) < 4.78 is 6.12. The summed E-state index contributed by atoms with van der Waals surface area (Å²) >= 11 is 0. The van der Waals surface area contributed by atoms with Crippen LogP contribution in [0.3, 0.4) is 0 Å². The van der Waals surface area contributed by atoms with Crippen LogP contribution in [0.25, 0.3) is 0 Å². The molecule has 3 rings (SSSR count). The van der Waals surface area contributed by atoms with Crippen LogP contribution in [-0.4, -0.2) is 60.4 Å². The Morgan fingerprint density at radius 2 is 1.97 bits per heavy atom. The summed E-state index contributed by atoms with van der Waals surface area (Å²) in [6.45, 7) is 14.3. The van der Waals surface area contributed by atoms with Crippen LogP contribution in [0.15, 0.2) is 36.4 Å². The molecule has 2 atom stereocenters. The molecular weight excluding hydrogens is 414 g/mol. The maximum atomic E-state index is 13.4. The van der Waals surface area contributed by atoms with Crippen molar-refractivity contribution in [2.45, 2.75) is 60.0 Å². The molecule has 2 aliphatic rings. The predicted octanol–water partition coefficient (Wildman–Crippen LogP) is 3.86. The minimum atomic E-state index is 0.0743. The highest BCUT2D eigenvalue weighted by Crippen LogP contribution is 2.29. The monoisotopic (exact) mass is 455 g/mol. The average Bonchev–Trinajstić information content (AvgIpc) is 2.71. The van der Waals surface area contributed by atoms with E-state index in [1.54, 1.807) is 0 Å². The second kappa shape index (κ2) is 11.2. The number of hydrogen-bond donors (Lipinski definition) is 1. The third kappa shape index (κ3) is 7.88. The largest absolute Gasteiger partial charge is 0.489 e. The van der Waals surface area contributed by atoms with Gasteiger partial charge >= 0.3 is 0 Å². The van der Waals surface area contributed by atoms with Gasteiger partial charge in [0.05, 0.1) is 6.54 Å². The molecule has 2 heterocycles. The van der Waals surface area contributed by atoms with E-state index in [0.717, 1.165) is 24.3 Å². The van der Waals surface area contributed by atoms with Gasteiger partial charge in [0, 0.05) is 44.2 Å². The summed E-state index contributed by atoms with van der Waals surface area (Å²) in [5, 5.41) is 3.01. The van der Waals surface area contributed by atoms with Crippen molar-refractivity contribution in [2.24, 2.45) is 17.3 Å². The normalized spacial score (nSPS) is 22.6. The quantitative estimate of drug-likeness (QED) is 0.701. The van der Waals surface area contributed by atoms with Crippen LogP contribution in [0, 0.1) is 17.3 Å². The molecule has 0 aromatic heterocycles.